The molecule has 0 radical (unpaired) electrons. The summed E-state index contributed by atoms with van der Waals surface area (Å²) in [5, 5.41) is 10.0. The van der Waals surface area contributed by atoms with Crippen molar-refractivity contribution in [1.82, 2.24) is 0 Å². The molecule has 1 atom stereocenters. The predicted octanol–water partition coefficient (Wildman–Crippen LogP) is 4.31. The molecular weight excluding hydrogens is 362 g/mol. The average Bonchev–Trinajstić information content (AvgIpc) is 2.73. The third-order valence-electron chi connectivity index (χ3n) is 5.62. The zero-order valence-electron chi connectivity index (χ0n) is 16.6. The van der Waals surface area contributed by atoms with E-state index in [-0.39, 0.29) is 5.78 Å². The van der Waals surface area contributed by atoms with Gasteiger partial charge in [0.1, 0.15) is 11.6 Å². The van der Waals surface area contributed by atoms with Gasteiger partial charge in [-0.05, 0) is 55.2 Å². The van der Waals surface area contributed by atoms with Crippen LogP contribution >= 0.6 is 0 Å². The highest BCUT2D eigenvalue weighted by atomic mass is 16.5. The number of rotatable bonds is 3. The topological polar surface area (TPSA) is 79.3 Å². The summed E-state index contributed by atoms with van der Waals surface area (Å²) in [5.41, 5.74) is 11.4. The molecule has 0 spiro atoms. The van der Waals surface area contributed by atoms with Crippen molar-refractivity contribution in [2.45, 2.75) is 32.1 Å². The van der Waals surface area contributed by atoms with E-state index in [0.717, 1.165) is 41.1 Å². The van der Waals surface area contributed by atoms with E-state index in [0.29, 0.717) is 23.4 Å². The van der Waals surface area contributed by atoms with Crippen LogP contribution in [-0.2, 0) is 4.79 Å². The van der Waals surface area contributed by atoms with E-state index in [1.165, 1.54) is 0 Å². The summed E-state index contributed by atoms with van der Waals surface area (Å²) in [7, 11) is 1.61. The highest BCUT2D eigenvalue weighted by Gasteiger charge is 2.40. The largest absolute Gasteiger partial charge is 0.497 e. The summed E-state index contributed by atoms with van der Waals surface area (Å²) in [6, 6.07) is 17.8. The standard InChI is InChI=1S/C24H23N3O2/c1-15-5-3-6-17(13-15)27-20-7-4-8-21(28)23(20)22(19(14-25)24(27)26)16-9-11-18(29-2)12-10-16/h3,5-6,9-13,22H,4,7-8,26H2,1-2H3. The van der Waals surface area contributed by atoms with Crippen LogP contribution < -0.4 is 15.4 Å². The van der Waals surface area contributed by atoms with Gasteiger partial charge in [0, 0.05) is 23.4 Å². The van der Waals surface area contributed by atoms with Gasteiger partial charge in [0.2, 0.25) is 0 Å². The van der Waals surface area contributed by atoms with Gasteiger partial charge in [-0.1, -0.05) is 24.3 Å². The number of nitriles is 1. The molecule has 0 fully saturated rings. The Morgan fingerprint density at radius 1 is 1.17 bits per heavy atom. The molecule has 4 rings (SSSR count). The Balaban J connectivity index is 1.94. The van der Waals surface area contributed by atoms with E-state index in [9.17, 15) is 10.1 Å². The molecule has 1 aliphatic heterocycles. The van der Waals surface area contributed by atoms with Crippen molar-refractivity contribution in [2.24, 2.45) is 5.73 Å². The number of aryl methyl sites for hydroxylation is 1. The van der Waals surface area contributed by atoms with Crippen LogP contribution in [0, 0.1) is 18.3 Å². The van der Waals surface area contributed by atoms with Crippen LogP contribution in [0.25, 0.3) is 0 Å². The fourth-order valence-corrected chi connectivity index (χ4v) is 4.28. The fourth-order valence-electron chi connectivity index (χ4n) is 4.28. The number of methoxy groups -OCH3 is 1. The van der Waals surface area contributed by atoms with Crippen molar-refractivity contribution in [1.29, 1.82) is 5.26 Å². The van der Waals surface area contributed by atoms with Crippen LogP contribution in [0.1, 0.15) is 36.3 Å². The van der Waals surface area contributed by atoms with Gasteiger partial charge in [0.15, 0.2) is 5.78 Å². The molecule has 0 amide bonds. The van der Waals surface area contributed by atoms with Crippen LogP contribution in [0.3, 0.4) is 0 Å². The molecule has 1 unspecified atom stereocenters. The molecule has 2 aliphatic rings. The first-order valence-corrected chi connectivity index (χ1v) is 9.72. The maximum Gasteiger partial charge on any atom is 0.161 e. The number of ether oxygens (including phenoxy) is 1. The molecule has 0 aromatic heterocycles. The Labute approximate surface area is 170 Å². The van der Waals surface area contributed by atoms with Gasteiger partial charge in [-0.2, -0.15) is 5.26 Å². The Morgan fingerprint density at radius 2 is 1.93 bits per heavy atom. The fraction of sp³-hybridized carbons (Fsp3) is 0.250. The van der Waals surface area contributed by atoms with Gasteiger partial charge >= 0.3 is 0 Å². The lowest BCUT2D eigenvalue weighted by Crippen LogP contribution is -2.38. The Hall–Kier alpha value is -3.52. The first kappa shape index (κ1) is 18.8. The number of nitrogens with two attached hydrogens (primary N) is 1. The summed E-state index contributed by atoms with van der Waals surface area (Å²) in [5.74, 6) is 0.762. The van der Waals surface area contributed by atoms with Gasteiger partial charge < -0.3 is 10.5 Å². The summed E-state index contributed by atoms with van der Waals surface area (Å²) in [6.07, 6.45) is 2.03. The van der Waals surface area contributed by atoms with E-state index in [1.54, 1.807) is 7.11 Å². The molecular formula is C24H23N3O2. The number of nitrogens with zero attached hydrogens (tertiary/aromatic N) is 2. The summed E-state index contributed by atoms with van der Waals surface area (Å²) in [6.45, 7) is 2.01. The smallest absolute Gasteiger partial charge is 0.161 e. The molecule has 2 N–H and O–H groups in total. The lowest BCUT2D eigenvalue weighted by atomic mass is 9.75. The molecule has 0 saturated carbocycles. The molecule has 0 saturated heterocycles. The number of hydrogen-bond acceptors (Lipinski definition) is 5. The van der Waals surface area contributed by atoms with E-state index < -0.39 is 5.92 Å². The molecule has 2 aromatic rings. The maximum absolute atomic E-state index is 13.1. The maximum atomic E-state index is 13.1. The molecule has 1 heterocycles. The third kappa shape index (κ3) is 3.17. The van der Waals surface area contributed by atoms with Crippen LogP contribution in [0.4, 0.5) is 5.69 Å². The monoisotopic (exact) mass is 385 g/mol. The van der Waals surface area contributed by atoms with Crippen LogP contribution in [-0.4, -0.2) is 12.9 Å². The van der Waals surface area contributed by atoms with Crippen molar-refractivity contribution in [3.8, 4) is 11.8 Å². The van der Waals surface area contributed by atoms with Crippen molar-refractivity contribution < 1.29 is 9.53 Å². The highest BCUT2D eigenvalue weighted by Crippen LogP contribution is 2.46. The van der Waals surface area contributed by atoms with E-state index >= 15 is 0 Å². The van der Waals surface area contributed by atoms with E-state index in [2.05, 4.69) is 6.07 Å². The minimum Gasteiger partial charge on any atom is -0.497 e. The Bertz CT molecular complexity index is 1070. The summed E-state index contributed by atoms with van der Waals surface area (Å²) in [4.78, 5) is 15.0. The zero-order valence-corrected chi connectivity index (χ0v) is 16.6. The number of ketones is 1. The first-order valence-electron chi connectivity index (χ1n) is 9.72. The molecule has 5 nitrogen and oxygen atoms in total. The number of carbonyl (C=O) groups excluding carboxylic acids is 1. The SMILES string of the molecule is COc1ccc(C2C(C#N)=C(N)N(c3cccc(C)c3)C3=C2C(=O)CCC3)cc1. The van der Waals surface area contributed by atoms with Crippen LogP contribution in [0.2, 0.25) is 0 Å². The number of hydrogen-bond donors (Lipinski definition) is 1. The molecule has 5 heteroatoms. The van der Waals surface area contributed by atoms with Gasteiger partial charge in [-0.15, -0.1) is 0 Å². The van der Waals surface area contributed by atoms with E-state index in [4.69, 9.17) is 10.5 Å². The second-order valence-corrected chi connectivity index (χ2v) is 7.43. The van der Waals surface area contributed by atoms with E-state index in [1.807, 2.05) is 60.4 Å². The minimum atomic E-state index is -0.449. The number of benzene rings is 2. The van der Waals surface area contributed by atoms with Gasteiger partial charge in [0.25, 0.3) is 0 Å². The van der Waals surface area contributed by atoms with Crippen LogP contribution in [0.15, 0.2) is 71.2 Å². The summed E-state index contributed by atoms with van der Waals surface area (Å²) >= 11 is 0. The predicted molar refractivity (Wildman–Crippen MR) is 112 cm³/mol. The van der Waals surface area contributed by atoms with Crippen molar-refractivity contribution in [3.05, 3.63) is 82.3 Å². The number of Topliss-reactive ketones (excluding diaryl/α,β-unsaturated/α-hetero) is 1. The lowest BCUT2D eigenvalue weighted by Gasteiger charge is -2.39. The van der Waals surface area contributed by atoms with Gasteiger partial charge in [-0.25, -0.2) is 0 Å². The molecule has 1 aliphatic carbocycles. The number of anilines is 1. The van der Waals surface area contributed by atoms with Crippen LogP contribution in [0.5, 0.6) is 5.75 Å². The molecule has 29 heavy (non-hydrogen) atoms. The quantitative estimate of drug-likeness (QED) is 0.852. The minimum absolute atomic E-state index is 0.0879. The third-order valence-corrected chi connectivity index (χ3v) is 5.62. The highest BCUT2D eigenvalue weighted by molar-refractivity contribution is 6.01. The molecule has 2 aromatic carbocycles. The zero-order chi connectivity index (χ0) is 20.5. The lowest BCUT2D eigenvalue weighted by molar-refractivity contribution is -0.116. The Morgan fingerprint density at radius 3 is 2.59 bits per heavy atom. The number of allylic oxidation sites excluding steroid dienone is 3. The van der Waals surface area contributed by atoms with Crippen molar-refractivity contribution >= 4 is 11.5 Å². The number of carbonyl (C=O) groups is 1. The van der Waals surface area contributed by atoms with Crippen molar-refractivity contribution in [3.63, 3.8) is 0 Å². The molecule has 146 valence electrons. The van der Waals surface area contributed by atoms with Gasteiger partial charge in [0.05, 0.1) is 24.7 Å². The van der Waals surface area contributed by atoms with Crippen molar-refractivity contribution in [2.75, 3.05) is 12.0 Å². The second kappa shape index (κ2) is 7.48. The molecule has 0 bridgehead atoms. The summed E-state index contributed by atoms with van der Waals surface area (Å²) < 4.78 is 5.26. The second-order valence-electron chi connectivity index (χ2n) is 7.43. The first-order chi connectivity index (χ1) is 14.0. The van der Waals surface area contributed by atoms with Gasteiger partial charge in [-0.3, -0.25) is 9.69 Å². The Kier molecular flexibility index (Phi) is 4.85. The average molecular weight is 385 g/mol. The normalized spacial score (nSPS) is 19.1.